The van der Waals surface area contributed by atoms with Crippen molar-refractivity contribution < 1.29 is 18.7 Å². The normalized spacial score (nSPS) is 12.0. The van der Waals surface area contributed by atoms with Crippen LogP contribution >= 0.6 is 11.6 Å². The number of hydrogen-bond donors (Lipinski definition) is 0. The Hall–Kier alpha value is -1.29. The molecule has 0 aromatic heterocycles. The van der Waals surface area contributed by atoms with Crippen LogP contribution in [0.15, 0.2) is 18.2 Å². The second-order valence-corrected chi connectivity index (χ2v) is 3.27. The Morgan fingerprint density at radius 3 is 2.73 bits per heavy atom. The molecule has 0 aliphatic rings. The van der Waals surface area contributed by atoms with Crippen molar-refractivity contribution in [2.24, 2.45) is 0 Å². The molecule has 0 fully saturated rings. The number of hydrogen-bond acceptors (Lipinski definition) is 3. The number of halogens is 2. The van der Waals surface area contributed by atoms with Crippen molar-refractivity contribution >= 4 is 17.6 Å². The van der Waals surface area contributed by atoms with Crippen LogP contribution < -0.4 is 4.74 Å². The Kier molecular flexibility index (Phi) is 3.91. The molecule has 82 valence electrons. The SMILES string of the molecule is COC(=O)[C@@H](C)Oc1ccc(F)c(Cl)c1. The van der Waals surface area contributed by atoms with Crippen molar-refractivity contribution in [1.29, 1.82) is 0 Å². The summed E-state index contributed by atoms with van der Waals surface area (Å²) in [5.74, 6) is -0.718. The van der Waals surface area contributed by atoms with Crippen LogP contribution in [0.3, 0.4) is 0 Å². The van der Waals surface area contributed by atoms with Gasteiger partial charge in [-0.3, -0.25) is 0 Å². The lowest BCUT2D eigenvalue weighted by atomic mass is 10.3. The van der Waals surface area contributed by atoms with Crippen LogP contribution in [0.4, 0.5) is 4.39 Å². The van der Waals surface area contributed by atoms with E-state index in [4.69, 9.17) is 16.3 Å². The van der Waals surface area contributed by atoms with Crippen LogP contribution in [0.2, 0.25) is 5.02 Å². The Morgan fingerprint density at radius 1 is 1.53 bits per heavy atom. The van der Waals surface area contributed by atoms with Crippen molar-refractivity contribution in [3.63, 3.8) is 0 Å². The summed E-state index contributed by atoms with van der Waals surface area (Å²) in [6.07, 6.45) is -0.753. The zero-order chi connectivity index (χ0) is 11.4. The van der Waals surface area contributed by atoms with Gasteiger partial charge < -0.3 is 9.47 Å². The van der Waals surface area contributed by atoms with Gasteiger partial charge in [0, 0.05) is 6.07 Å². The third-order valence-electron chi connectivity index (χ3n) is 1.74. The van der Waals surface area contributed by atoms with Crippen LogP contribution in [0.5, 0.6) is 5.75 Å². The standard InChI is InChI=1S/C10H10ClFO3/c1-6(10(13)14-2)15-7-3-4-9(12)8(11)5-7/h3-6H,1-2H3/t6-/m1/s1. The third-order valence-corrected chi connectivity index (χ3v) is 2.03. The summed E-state index contributed by atoms with van der Waals surface area (Å²) in [5.41, 5.74) is 0. The lowest BCUT2D eigenvalue weighted by Crippen LogP contribution is -2.24. The molecule has 0 N–H and O–H groups in total. The van der Waals surface area contributed by atoms with E-state index in [0.29, 0.717) is 5.75 Å². The first-order valence-electron chi connectivity index (χ1n) is 4.24. The first-order chi connectivity index (χ1) is 7.04. The predicted octanol–water partition coefficient (Wildman–Crippen LogP) is 2.42. The zero-order valence-electron chi connectivity index (χ0n) is 8.29. The van der Waals surface area contributed by atoms with Crippen LogP contribution in [0.1, 0.15) is 6.92 Å². The average Bonchev–Trinajstić information content (AvgIpc) is 2.22. The van der Waals surface area contributed by atoms with Crippen molar-refractivity contribution in [3.8, 4) is 5.75 Å². The highest BCUT2D eigenvalue weighted by molar-refractivity contribution is 6.30. The number of esters is 1. The average molecular weight is 233 g/mol. The van der Waals surface area contributed by atoms with E-state index < -0.39 is 17.9 Å². The molecule has 0 spiro atoms. The molecule has 0 saturated heterocycles. The van der Waals surface area contributed by atoms with Gasteiger partial charge in [0.15, 0.2) is 6.10 Å². The van der Waals surface area contributed by atoms with Gasteiger partial charge in [-0.15, -0.1) is 0 Å². The van der Waals surface area contributed by atoms with Crippen LogP contribution in [-0.2, 0) is 9.53 Å². The predicted molar refractivity (Wildman–Crippen MR) is 53.5 cm³/mol. The maximum Gasteiger partial charge on any atom is 0.346 e. The molecule has 0 radical (unpaired) electrons. The fourth-order valence-corrected chi connectivity index (χ4v) is 1.14. The van der Waals surface area contributed by atoms with Gasteiger partial charge in [-0.25, -0.2) is 9.18 Å². The molecule has 0 bridgehead atoms. The molecule has 1 rings (SSSR count). The summed E-state index contributed by atoms with van der Waals surface area (Å²) in [7, 11) is 1.26. The summed E-state index contributed by atoms with van der Waals surface area (Å²) < 4.78 is 22.4. The molecule has 0 amide bonds. The fraction of sp³-hybridized carbons (Fsp3) is 0.300. The highest BCUT2D eigenvalue weighted by Gasteiger charge is 2.15. The number of ether oxygens (including phenoxy) is 2. The van der Waals surface area contributed by atoms with E-state index in [1.54, 1.807) is 0 Å². The van der Waals surface area contributed by atoms with Gasteiger partial charge in [0.05, 0.1) is 12.1 Å². The Bertz CT molecular complexity index is 368. The largest absolute Gasteiger partial charge is 0.479 e. The van der Waals surface area contributed by atoms with E-state index in [1.165, 1.54) is 32.2 Å². The van der Waals surface area contributed by atoms with Crippen molar-refractivity contribution in [3.05, 3.63) is 29.0 Å². The third kappa shape index (κ3) is 3.09. The monoisotopic (exact) mass is 232 g/mol. The Labute approximate surface area is 91.7 Å². The van der Waals surface area contributed by atoms with Gasteiger partial charge in [-0.05, 0) is 19.1 Å². The highest BCUT2D eigenvalue weighted by Crippen LogP contribution is 2.21. The van der Waals surface area contributed by atoms with Crippen molar-refractivity contribution in [1.82, 2.24) is 0 Å². The van der Waals surface area contributed by atoms with E-state index in [1.807, 2.05) is 0 Å². The Morgan fingerprint density at radius 2 is 2.20 bits per heavy atom. The van der Waals surface area contributed by atoms with Gasteiger partial charge in [0.25, 0.3) is 0 Å². The maximum absolute atomic E-state index is 12.8. The molecule has 5 heteroatoms. The summed E-state index contributed by atoms with van der Waals surface area (Å²) in [4.78, 5) is 11.0. The van der Waals surface area contributed by atoms with E-state index in [9.17, 15) is 9.18 Å². The van der Waals surface area contributed by atoms with Gasteiger partial charge >= 0.3 is 5.97 Å². The smallest absolute Gasteiger partial charge is 0.346 e. The van der Waals surface area contributed by atoms with Crippen molar-refractivity contribution in [2.45, 2.75) is 13.0 Å². The Balaban J connectivity index is 2.73. The molecular weight excluding hydrogens is 223 g/mol. The quantitative estimate of drug-likeness (QED) is 0.751. The second-order valence-electron chi connectivity index (χ2n) is 2.86. The minimum atomic E-state index is -0.753. The first kappa shape index (κ1) is 11.8. The molecule has 0 aliphatic carbocycles. The highest BCUT2D eigenvalue weighted by atomic mass is 35.5. The molecule has 0 aliphatic heterocycles. The minimum absolute atomic E-state index is 0.0513. The molecule has 0 saturated carbocycles. The van der Waals surface area contributed by atoms with E-state index in [-0.39, 0.29) is 5.02 Å². The molecule has 1 atom stereocenters. The van der Waals surface area contributed by atoms with E-state index >= 15 is 0 Å². The van der Waals surface area contributed by atoms with Crippen LogP contribution in [0.25, 0.3) is 0 Å². The van der Waals surface area contributed by atoms with Gasteiger partial charge in [-0.1, -0.05) is 11.6 Å². The number of methoxy groups -OCH3 is 1. The molecule has 3 nitrogen and oxygen atoms in total. The van der Waals surface area contributed by atoms with Crippen molar-refractivity contribution in [2.75, 3.05) is 7.11 Å². The van der Waals surface area contributed by atoms with Crippen LogP contribution in [-0.4, -0.2) is 19.2 Å². The van der Waals surface area contributed by atoms with Gasteiger partial charge in [0.1, 0.15) is 11.6 Å². The van der Waals surface area contributed by atoms with Gasteiger partial charge in [0.2, 0.25) is 0 Å². The molecule has 0 unspecified atom stereocenters. The minimum Gasteiger partial charge on any atom is -0.479 e. The number of benzene rings is 1. The molecule has 0 heterocycles. The molecule has 1 aromatic carbocycles. The van der Waals surface area contributed by atoms with E-state index in [2.05, 4.69) is 4.74 Å². The topological polar surface area (TPSA) is 35.5 Å². The maximum atomic E-state index is 12.8. The zero-order valence-corrected chi connectivity index (χ0v) is 9.05. The number of carbonyl (C=O) groups excluding carboxylic acids is 1. The summed E-state index contributed by atoms with van der Waals surface area (Å²) in [5, 5.41) is -0.0513. The second kappa shape index (κ2) is 4.98. The summed E-state index contributed by atoms with van der Waals surface area (Å²) in [6, 6.07) is 3.86. The van der Waals surface area contributed by atoms with Crippen LogP contribution in [0, 0.1) is 5.82 Å². The lowest BCUT2D eigenvalue weighted by Gasteiger charge is -2.12. The summed E-state index contributed by atoms with van der Waals surface area (Å²) in [6.45, 7) is 1.53. The number of rotatable bonds is 3. The first-order valence-corrected chi connectivity index (χ1v) is 4.62. The molecule has 1 aromatic rings. The molecular formula is C10H10ClFO3. The van der Waals surface area contributed by atoms with E-state index in [0.717, 1.165) is 0 Å². The fourth-order valence-electron chi connectivity index (χ4n) is 0.968. The lowest BCUT2D eigenvalue weighted by molar-refractivity contribution is -0.147. The van der Waals surface area contributed by atoms with Gasteiger partial charge in [-0.2, -0.15) is 0 Å². The number of carbonyl (C=O) groups is 1. The molecule has 15 heavy (non-hydrogen) atoms. The summed E-state index contributed by atoms with van der Waals surface area (Å²) >= 11 is 5.54.